The zero-order valence-electron chi connectivity index (χ0n) is 26.4. The van der Waals surface area contributed by atoms with E-state index >= 15 is 0 Å². The summed E-state index contributed by atoms with van der Waals surface area (Å²) in [5, 5.41) is 5.08. The predicted molar refractivity (Wildman–Crippen MR) is 198 cm³/mol. The molecule has 1 aliphatic rings. The zero-order valence-corrected chi connectivity index (χ0v) is 26.4. The van der Waals surface area contributed by atoms with Gasteiger partial charge in [-0.15, -0.1) is 0 Å². The molecule has 0 saturated carbocycles. The highest BCUT2D eigenvalue weighted by molar-refractivity contribution is 6.26. The predicted octanol–water partition coefficient (Wildman–Crippen LogP) is 11.9. The molecule has 0 aliphatic heterocycles. The molecule has 0 fully saturated rings. The average Bonchev–Trinajstić information content (AvgIpc) is 3.72. The Kier molecular flexibility index (Phi) is 5.37. The summed E-state index contributed by atoms with van der Waals surface area (Å²) in [5.74, 6) is 0. The number of rotatable bonds is 3. The van der Waals surface area contributed by atoms with Gasteiger partial charge in [0.1, 0.15) is 0 Å². The van der Waals surface area contributed by atoms with Crippen molar-refractivity contribution >= 4 is 43.6 Å². The van der Waals surface area contributed by atoms with E-state index in [1.54, 1.807) is 0 Å². The van der Waals surface area contributed by atoms with E-state index in [4.69, 9.17) is 0 Å². The van der Waals surface area contributed by atoms with Gasteiger partial charge in [0, 0.05) is 38.3 Å². The molecule has 222 valence electrons. The third-order valence-corrected chi connectivity index (χ3v) is 10.5. The van der Waals surface area contributed by atoms with Crippen LogP contribution in [0, 0.1) is 0 Å². The maximum absolute atomic E-state index is 2.47. The topological polar surface area (TPSA) is 9.86 Å². The fraction of sp³-hybridized carbons (Fsp3) is 0.0667. The second kappa shape index (κ2) is 9.57. The molecule has 9 aromatic rings. The van der Waals surface area contributed by atoms with E-state index in [0.29, 0.717) is 0 Å². The normalized spacial score (nSPS) is 13.5. The second-order valence-electron chi connectivity index (χ2n) is 13.4. The minimum Gasteiger partial charge on any atom is -0.309 e. The lowest BCUT2D eigenvalue weighted by atomic mass is 9.82. The highest BCUT2D eigenvalue weighted by Gasteiger charge is 2.35. The quantitative estimate of drug-likeness (QED) is 0.191. The van der Waals surface area contributed by atoms with Crippen LogP contribution in [0.1, 0.15) is 25.0 Å². The maximum atomic E-state index is 2.47. The summed E-state index contributed by atoms with van der Waals surface area (Å²) in [4.78, 5) is 0. The number of para-hydroxylation sites is 3. The summed E-state index contributed by atoms with van der Waals surface area (Å²) >= 11 is 0. The third kappa shape index (κ3) is 3.61. The molecule has 1 aliphatic carbocycles. The van der Waals surface area contributed by atoms with Crippen LogP contribution < -0.4 is 0 Å². The van der Waals surface area contributed by atoms with Crippen LogP contribution in [0.3, 0.4) is 0 Å². The molecule has 2 nitrogen and oxygen atoms in total. The second-order valence-corrected chi connectivity index (χ2v) is 13.4. The average molecular weight is 601 g/mol. The van der Waals surface area contributed by atoms with Crippen molar-refractivity contribution in [3.63, 3.8) is 0 Å². The molecular formula is C45H32N2. The van der Waals surface area contributed by atoms with Gasteiger partial charge in [-0.1, -0.05) is 123 Å². The first-order chi connectivity index (χ1) is 23.1. The first kappa shape index (κ1) is 26.4. The zero-order chi connectivity index (χ0) is 31.3. The van der Waals surface area contributed by atoms with E-state index in [2.05, 4.69) is 181 Å². The van der Waals surface area contributed by atoms with Gasteiger partial charge in [0.05, 0.1) is 22.1 Å². The lowest BCUT2D eigenvalue weighted by molar-refractivity contribution is 0.660. The number of fused-ring (bicyclic) bond motifs is 10. The van der Waals surface area contributed by atoms with Crippen molar-refractivity contribution in [2.24, 2.45) is 0 Å². The molecule has 2 aromatic heterocycles. The Morgan fingerprint density at radius 2 is 1.02 bits per heavy atom. The van der Waals surface area contributed by atoms with Gasteiger partial charge in [-0.05, 0) is 81.9 Å². The first-order valence-electron chi connectivity index (χ1n) is 16.5. The molecule has 10 rings (SSSR count). The lowest BCUT2D eigenvalue weighted by Crippen LogP contribution is -2.14. The summed E-state index contributed by atoms with van der Waals surface area (Å²) in [6, 6.07) is 58.0. The van der Waals surface area contributed by atoms with E-state index in [1.165, 1.54) is 82.7 Å². The summed E-state index contributed by atoms with van der Waals surface area (Å²) in [7, 11) is 0. The van der Waals surface area contributed by atoms with Gasteiger partial charge in [0.2, 0.25) is 0 Å². The molecule has 0 N–H and O–H groups in total. The first-order valence-corrected chi connectivity index (χ1v) is 16.5. The Balaban J connectivity index is 1.20. The highest BCUT2D eigenvalue weighted by Crippen LogP contribution is 2.49. The molecular weight excluding hydrogens is 569 g/mol. The van der Waals surface area contributed by atoms with Gasteiger partial charge < -0.3 is 9.13 Å². The van der Waals surface area contributed by atoms with Crippen LogP contribution in [0.15, 0.2) is 158 Å². The summed E-state index contributed by atoms with van der Waals surface area (Å²) in [6.45, 7) is 4.68. The SMILES string of the molecule is CC1(C)c2ccccc2-c2cc(-c3ccc(-n4c5ccccc5c5ccc6c(c7ccccc7n6-c6ccccc6)c54)cc3)ccc21. The van der Waals surface area contributed by atoms with Crippen molar-refractivity contribution in [3.05, 3.63) is 169 Å². The lowest BCUT2D eigenvalue weighted by Gasteiger charge is -2.21. The molecule has 0 unspecified atom stereocenters. The minimum absolute atomic E-state index is 0.0137. The Bertz CT molecular complexity index is 2680. The van der Waals surface area contributed by atoms with Gasteiger partial charge in [0.25, 0.3) is 0 Å². The number of aromatic nitrogens is 2. The molecule has 7 aromatic carbocycles. The van der Waals surface area contributed by atoms with E-state index in [-0.39, 0.29) is 5.41 Å². The molecule has 0 atom stereocenters. The van der Waals surface area contributed by atoms with Gasteiger partial charge in [-0.3, -0.25) is 0 Å². The monoisotopic (exact) mass is 600 g/mol. The Labute approximate surface area is 273 Å². The van der Waals surface area contributed by atoms with Crippen molar-refractivity contribution < 1.29 is 0 Å². The van der Waals surface area contributed by atoms with Crippen molar-refractivity contribution in [2.45, 2.75) is 19.3 Å². The maximum Gasteiger partial charge on any atom is 0.0641 e. The Morgan fingerprint density at radius 1 is 0.404 bits per heavy atom. The van der Waals surface area contributed by atoms with Crippen LogP contribution in [0.2, 0.25) is 0 Å². The fourth-order valence-corrected chi connectivity index (χ4v) is 8.33. The van der Waals surface area contributed by atoms with Gasteiger partial charge >= 0.3 is 0 Å². The third-order valence-electron chi connectivity index (χ3n) is 10.5. The molecule has 0 saturated heterocycles. The summed E-state index contributed by atoms with van der Waals surface area (Å²) < 4.78 is 4.88. The smallest absolute Gasteiger partial charge is 0.0641 e. The van der Waals surface area contributed by atoms with E-state index in [0.717, 1.165) is 5.69 Å². The molecule has 0 spiro atoms. The van der Waals surface area contributed by atoms with Crippen LogP contribution in [-0.4, -0.2) is 9.13 Å². The number of nitrogens with zero attached hydrogens (tertiary/aromatic N) is 2. The van der Waals surface area contributed by atoms with Gasteiger partial charge in [-0.2, -0.15) is 0 Å². The van der Waals surface area contributed by atoms with Gasteiger partial charge in [0.15, 0.2) is 0 Å². The van der Waals surface area contributed by atoms with Crippen molar-refractivity contribution in [1.82, 2.24) is 9.13 Å². The minimum atomic E-state index is 0.0137. The molecule has 0 radical (unpaired) electrons. The molecule has 47 heavy (non-hydrogen) atoms. The van der Waals surface area contributed by atoms with Crippen LogP contribution in [0.25, 0.3) is 77.2 Å². The van der Waals surface area contributed by atoms with Gasteiger partial charge in [-0.25, -0.2) is 0 Å². The number of benzene rings is 7. The molecule has 2 heterocycles. The van der Waals surface area contributed by atoms with Crippen molar-refractivity contribution in [1.29, 1.82) is 0 Å². The van der Waals surface area contributed by atoms with Crippen LogP contribution in [0.4, 0.5) is 0 Å². The summed E-state index contributed by atoms with van der Waals surface area (Å²) in [6.07, 6.45) is 0. The molecule has 0 amide bonds. The van der Waals surface area contributed by atoms with Crippen molar-refractivity contribution in [2.75, 3.05) is 0 Å². The van der Waals surface area contributed by atoms with E-state index in [9.17, 15) is 0 Å². The molecule has 2 heteroatoms. The fourth-order valence-electron chi connectivity index (χ4n) is 8.33. The van der Waals surface area contributed by atoms with Crippen LogP contribution in [-0.2, 0) is 5.41 Å². The van der Waals surface area contributed by atoms with Crippen LogP contribution in [0.5, 0.6) is 0 Å². The highest BCUT2D eigenvalue weighted by atomic mass is 15.0. The molecule has 0 bridgehead atoms. The summed E-state index contributed by atoms with van der Waals surface area (Å²) in [5.41, 5.74) is 15.3. The van der Waals surface area contributed by atoms with E-state index in [1.807, 2.05) is 0 Å². The van der Waals surface area contributed by atoms with Crippen LogP contribution >= 0.6 is 0 Å². The van der Waals surface area contributed by atoms with Crippen molar-refractivity contribution in [3.8, 4) is 33.6 Å². The number of hydrogen-bond acceptors (Lipinski definition) is 0. The Morgan fingerprint density at radius 3 is 1.83 bits per heavy atom. The standard InChI is InChI=1S/C45H32N2/c1-45(2)38-17-9-6-14-33(38)37-28-30(22-26-39(37)45)29-20-23-32(24-21-29)47-40-18-10-7-15-34(40)35-25-27-42-43(44(35)47)36-16-8-11-19-41(36)46(42)31-12-4-3-5-13-31/h3-28H,1-2H3. The largest absolute Gasteiger partial charge is 0.309 e. The van der Waals surface area contributed by atoms with E-state index < -0.39 is 0 Å². The number of hydrogen-bond donors (Lipinski definition) is 0. The Hall–Kier alpha value is -5.86.